The fraction of sp³-hybridized carbons (Fsp3) is 0.583. The molecule has 0 bridgehead atoms. The summed E-state index contributed by atoms with van der Waals surface area (Å²) in [6, 6.07) is -0.355. The van der Waals surface area contributed by atoms with Gasteiger partial charge in [0.25, 0.3) is 0 Å². The minimum Gasteiger partial charge on any atom is -0.378 e. The Morgan fingerprint density at radius 2 is 2.21 bits per heavy atom. The Kier molecular flexibility index (Phi) is 4.16. The van der Waals surface area contributed by atoms with Crippen LogP contribution >= 0.6 is 0 Å². The van der Waals surface area contributed by atoms with E-state index in [0.717, 1.165) is 5.56 Å². The smallest absolute Gasteiger partial charge is 0.244 e. The average molecular weight is 265 g/mol. The van der Waals surface area contributed by atoms with Gasteiger partial charge in [-0.05, 0) is 13.8 Å². The predicted octanol–water partition coefficient (Wildman–Crippen LogP) is 0.0264. The molecule has 1 aromatic heterocycles. The molecule has 1 aliphatic heterocycles. The van der Waals surface area contributed by atoms with E-state index in [0.29, 0.717) is 32.1 Å². The first-order valence-electron chi connectivity index (χ1n) is 6.30. The molecule has 2 rings (SSSR count). The number of nitrogens with one attached hydrogen (secondary N) is 1. The number of amides is 1. The van der Waals surface area contributed by atoms with E-state index in [1.54, 1.807) is 11.1 Å². The minimum atomic E-state index is -0.355. The van der Waals surface area contributed by atoms with Crippen LogP contribution in [0.4, 0.5) is 11.8 Å². The first kappa shape index (κ1) is 13.5. The number of nitrogens with zero attached hydrogens (tertiary/aromatic N) is 3. The van der Waals surface area contributed by atoms with E-state index in [1.807, 2.05) is 13.8 Å². The van der Waals surface area contributed by atoms with Crippen LogP contribution in [0.25, 0.3) is 0 Å². The van der Waals surface area contributed by atoms with Gasteiger partial charge in [0.1, 0.15) is 11.9 Å². The number of aromatic nitrogens is 2. The maximum Gasteiger partial charge on any atom is 0.244 e. The zero-order chi connectivity index (χ0) is 13.8. The van der Waals surface area contributed by atoms with Crippen LogP contribution in [0.2, 0.25) is 0 Å². The third-order valence-corrected chi connectivity index (χ3v) is 3.04. The van der Waals surface area contributed by atoms with Crippen LogP contribution in [0.3, 0.4) is 0 Å². The quantitative estimate of drug-likeness (QED) is 0.800. The molecule has 3 N–H and O–H groups in total. The lowest BCUT2D eigenvalue weighted by Gasteiger charge is -2.29. The Morgan fingerprint density at radius 1 is 1.53 bits per heavy atom. The third kappa shape index (κ3) is 3.31. The van der Waals surface area contributed by atoms with Crippen molar-refractivity contribution in [3.8, 4) is 0 Å². The SMILES string of the molecule is Cc1cnc(N)nc1NC(C)C(=O)N1CCOCC1. The topological polar surface area (TPSA) is 93.4 Å². The summed E-state index contributed by atoms with van der Waals surface area (Å²) in [5.74, 6) is 0.834. The van der Waals surface area contributed by atoms with Crippen molar-refractivity contribution in [2.45, 2.75) is 19.9 Å². The van der Waals surface area contributed by atoms with E-state index >= 15 is 0 Å². The van der Waals surface area contributed by atoms with Crippen molar-refractivity contribution in [3.63, 3.8) is 0 Å². The van der Waals surface area contributed by atoms with Gasteiger partial charge >= 0.3 is 0 Å². The van der Waals surface area contributed by atoms with E-state index < -0.39 is 0 Å². The number of ether oxygens (including phenoxy) is 1. The van der Waals surface area contributed by atoms with E-state index in [1.165, 1.54) is 0 Å². The minimum absolute atomic E-state index is 0.0416. The normalized spacial score (nSPS) is 17.1. The van der Waals surface area contributed by atoms with Gasteiger partial charge in [-0.3, -0.25) is 4.79 Å². The van der Waals surface area contributed by atoms with Crippen LogP contribution in [0.1, 0.15) is 12.5 Å². The molecule has 0 aromatic carbocycles. The molecule has 1 amide bonds. The van der Waals surface area contributed by atoms with Crippen LogP contribution in [0, 0.1) is 6.92 Å². The lowest BCUT2D eigenvalue weighted by atomic mass is 10.2. The van der Waals surface area contributed by atoms with Crippen LogP contribution in [0.15, 0.2) is 6.20 Å². The predicted molar refractivity (Wildman–Crippen MR) is 71.7 cm³/mol. The Bertz CT molecular complexity index is 459. The summed E-state index contributed by atoms with van der Waals surface area (Å²) in [6.07, 6.45) is 1.64. The number of nitrogen functional groups attached to an aromatic ring is 1. The second kappa shape index (κ2) is 5.83. The lowest BCUT2D eigenvalue weighted by Crippen LogP contribution is -2.47. The summed E-state index contributed by atoms with van der Waals surface area (Å²) in [5.41, 5.74) is 6.41. The Labute approximate surface area is 112 Å². The molecule has 104 valence electrons. The van der Waals surface area contributed by atoms with Crippen molar-refractivity contribution in [2.75, 3.05) is 37.4 Å². The molecular weight excluding hydrogens is 246 g/mol. The number of carbonyl (C=O) groups is 1. The Morgan fingerprint density at radius 3 is 2.89 bits per heavy atom. The molecule has 1 fully saturated rings. The molecule has 1 saturated heterocycles. The van der Waals surface area contributed by atoms with E-state index in [9.17, 15) is 4.79 Å². The van der Waals surface area contributed by atoms with Crippen molar-refractivity contribution in [1.82, 2.24) is 14.9 Å². The van der Waals surface area contributed by atoms with Crippen LogP contribution in [-0.2, 0) is 9.53 Å². The summed E-state index contributed by atoms with van der Waals surface area (Å²) >= 11 is 0. The van der Waals surface area contributed by atoms with E-state index in [4.69, 9.17) is 10.5 Å². The van der Waals surface area contributed by atoms with E-state index in [-0.39, 0.29) is 17.9 Å². The average Bonchev–Trinajstić information content (AvgIpc) is 2.43. The molecule has 2 heterocycles. The van der Waals surface area contributed by atoms with Gasteiger partial charge in [0, 0.05) is 24.8 Å². The fourth-order valence-corrected chi connectivity index (χ4v) is 1.93. The largest absolute Gasteiger partial charge is 0.378 e. The highest BCUT2D eigenvalue weighted by molar-refractivity contribution is 5.84. The Hall–Kier alpha value is -1.89. The van der Waals surface area contributed by atoms with Gasteiger partial charge in [0.05, 0.1) is 13.2 Å². The summed E-state index contributed by atoms with van der Waals surface area (Å²) in [4.78, 5) is 22.0. The molecule has 0 saturated carbocycles. The Balaban J connectivity index is 2.01. The van der Waals surface area contributed by atoms with Gasteiger partial charge in [0.15, 0.2) is 0 Å². The first-order chi connectivity index (χ1) is 9.08. The highest BCUT2D eigenvalue weighted by Gasteiger charge is 2.22. The molecule has 7 nitrogen and oxygen atoms in total. The molecule has 7 heteroatoms. The van der Waals surface area contributed by atoms with Crippen LogP contribution < -0.4 is 11.1 Å². The number of anilines is 2. The van der Waals surface area contributed by atoms with Gasteiger partial charge in [-0.2, -0.15) is 4.98 Å². The number of hydrogen-bond acceptors (Lipinski definition) is 6. The molecule has 19 heavy (non-hydrogen) atoms. The number of nitrogens with two attached hydrogens (primary N) is 1. The molecule has 1 aromatic rings. The van der Waals surface area contributed by atoms with E-state index in [2.05, 4.69) is 15.3 Å². The monoisotopic (exact) mass is 265 g/mol. The number of rotatable bonds is 3. The first-order valence-corrected chi connectivity index (χ1v) is 6.30. The molecule has 0 spiro atoms. The van der Waals surface area contributed by atoms with Gasteiger partial charge in [-0.1, -0.05) is 0 Å². The van der Waals surface area contributed by atoms with Gasteiger partial charge in [0.2, 0.25) is 11.9 Å². The molecular formula is C12H19N5O2. The maximum atomic E-state index is 12.2. The molecule has 0 radical (unpaired) electrons. The van der Waals surface area contributed by atoms with Gasteiger partial charge in [-0.15, -0.1) is 0 Å². The van der Waals surface area contributed by atoms with Crippen molar-refractivity contribution in [2.24, 2.45) is 0 Å². The third-order valence-electron chi connectivity index (χ3n) is 3.04. The second-order valence-electron chi connectivity index (χ2n) is 4.56. The van der Waals surface area contributed by atoms with Crippen molar-refractivity contribution in [1.29, 1.82) is 0 Å². The van der Waals surface area contributed by atoms with Crippen molar-refractivity contribution < 1.29 is 9.53 Å². The highest BCUT2D eigenvalue weighted by Crippen LogP contribution is 2.13. The number of aryl methyl sites for hydroxylation is 1. The van der Waals surface area contributed by atoms with Crippen molar-refractivity contribution in [3.05, 3.63) is 11.8 Å². The maximum absolute atomic E-state index is 12.2. The van der Waals surface area contributed by atoms with Gasteiger partial charge < -0.3 is 20.7 Å². The summed E-state index contributed by atoms with van der Waals surface area (Å²) in [6.45, 7) is 6.14. The second-order valence-corrected chi connectivity index (χ2v) is 4.56. The number of carbonyl (C=O) groups excluding carboxylic acids is 1. The zero-order valence-electron chi connectivity index (χ0n) is 11.2. The molecule has 0 aliphatic carbocycles. The molecule has 1 unspecified atom stereocenters. The standard InChI is InChI=1S/C12H19N5O2/c1-8-7-14-12(13)16-10(8)15-9(2)11(18)17-3-5-19-6-4-17/h7,9H,3-6H2,1-2H3,(H3,13,14,15,16). The summed E-state index contributed by atoms with van der Waals surface area (Å²) in [7, 11) is 0. The van der Waals surface area contributed by atoms with Crippen molar-refractivity contribution >= 4 is 17.7 Å². The lowest BCUT2D eigenvalue weighted by molar-refractivity contribution is -0.135. The zero-order valence-corrected chi connectivity index (χ0v) is 11.2. The number of morpholine rings is 1. The van der Waals surface area contributed by atoms with Crippen LogP contribution in [-0.4, -0.2) is 53.1 Å². The number of hydrogen-bond donors (Lipinski definition) is 2. The highest BCUT2D eigenvalue weighted by atomic mass is 16.5. The summed E-state index contributed by atoms with van der Waals surface area (Å²) < 4.78 is 5.23. The molecule has 1 aliphatic rings. The van der Waals surface area contributed by atoms with Gasteiger partial charge in [-0.25, -0.2) is 4.98 Å². The fourth-order valence-electron chi connectivity index (χ4n) is 1.93. The van der Waals surface area contributed by atoms with Crippen LogP contribution in [0.5, 0.6) is 0 Å². The summed E-state index contributed by atoms with van der Waals surface area (Å²) in [5, 5.41) is 3.08. The molecule has 1 atom stereocenters.